The van der Waals surface area contributed by atoms with Gasteiger partial charge in [0, 0.05) is 25.6 Å². The van der Waals surface area contributed by atoms with Crippen LogP contribution in [0.2, 0.25) is 0 Å². The summed E-state index contributed by atoms with van der Waals surface area (Å²) in [5, 5.41) is 5.42. The summed E-state index contributed by atoms with van der Waals surface area (Å²) in [5.74, 6) is -0.510. The topological polar surface area (TPSA) is 58.2 Å². The van der Waals surface area contributed by atoms with E-state index in [-0.39, 0.29) is 17.6 Å². The Labute approximate surface area is 118 Å². The van der Waals surface area contributed by atoms with Crippen LogP contribution in [0.1, 0.15) is 38.2 Å². The van der Waals surface area contributed by atoms with Gasteiger partial charge in [-0.15, -0.1) is 0 Å². The van der Waals surface area contributed by atoms with Crippen molar-refractivity contribution in [1.29, 1.82) is 0 Å². The first-order valence-corrected chi connectivity index (χ1v) is 6.79. The second-order valence-corrected chi connectivity index (χ2v) is 4.80. The van der Waals surface area contributed by atoms with Crippen LogP contribution in [0.5, 0.6) is 0 Å². The molecule has 4 nitrogen and oxygen atoms in total. The van der Waals surface area contributed by atoms with Crippen LogP contribution in [-0.2, 0) is 9.59 Å². The number of nitrogens with one attached hydrogen (secondary N) is 2. The maximum Gasteiger partial charge on any atom is 0.224 e. The number of aryl methyl sites for hydroxylation is 1. The van der Waals surface area contributed by atoms with Crippen molar-refractivity contribution in [1.82, 2.24) is 5.32 Å². The van der Waals surface area contributed by atoms with Crippen LogP contribution in [0.15, 0.2) is 18.2 Å². The van der Waals surface area contributed by atoms with E-state index in [2.05, 4.69) is 10.6 Å². The molecule has 1 aromatic rings. The maximum absolute atomic E-state index is 13.1. The van der Waals surface area contributed by atoms with Crippen LogP contribution < -0.4 is 10.6 Å². The molecule has 0 heterocycles. The number of anilines is 1. The molecular formula is C15H21FN2O2. The lowest BCUT2D eigenvalue weighted by Gasteiger charge is -2.08. The van der Waals surface area contributed by atoms with E-state index >= 15 is 0 Å². The van der Waals surface area contributed by atoms with E-state index in [1.54, 1.807) is 6.07 Å². The van der Waals surface area contributed by atoms with Gasteiger partial charge in [-0.2, -0.15) is 0 Å². The van der Waals surface area contributed by atoms with E-state index in [0.717, 1.165) is 24.8 Å². The van der Waals surface area contributed by atoms with Gasteiger partial charge in [-0.25, -0.2) is 4.39 Å². The van der Waals surface area contributed by atoms with E-state index in [4.69, 9.17) is 0 Å². The van der Waals surface area contributed by atoms with Gasteiger partial charge < -0.3 is 10.6 Å². The molecule has 5 heteroatoms. The predicted octanol–water partition coefficient (Wildman–Crippen LogP) is 2.77. The van der Waals surface area contributed by atoms with Crippen molar-refractivity contribution in [3.05, 3.63) is 29.6 Å². The number of halogens is 1. The first kappa shape index (κ1) is 16.1. The summed E-state index contributed by atoms with van der Waals surface area (Å²) in [6.45, 7) is 3.94. The SMILES string of the molecule is CC(=O)NCCCCCC(=O)Nc1cc(F)ccc1C. The van der Waals surface area contributed by atoms with Gasteiger partial charge in [-0.05, 0) is 37.5 Å². The molecule has 0 aliphatic rings. The minimum atomic E-state index is -0.360. The first-order valence-electron chi connectivity index (χ1n) is 6.79. The van der Waals surface area contributed by atoms with Crippen molar-refractivity contribution >= 4 is 17.5 Å². The molecular weight excluding hydrogens is 259 g/mol. The number of carbonyl (C=O) groups is 2. The van der Waals surface area contributed by atoms with Gasteiger partial charge in [0.15, 0.2) is 0 Å². The number of unbranched alkanes of at least 4 members (excludes halogenated alkanes) is 2. The average Bonchev–Trinajstić information content (AvgIpc) is 2.37. The minimum Gasteiger partial charge on any atom is -0.356 e. The second-order valence-electron chi connectivity index (χ2n) is 4.80. The highest BCUT2D eigenvalue weighted by atomic mass is 19.1. The van der Waals surface area contributed by atoms with Crippen LogP contribution in [0.3, 0.4) is 0 Å². The Balaban J connectivity index is 2.23. The number of rotatable bonds is 7. The molecule has 2 N–H and O–H groups in total. The molecule has 20 heavy (non-hydrogen) atoms. The van der Waals surface area contributed by atoms with E-state index in [9.17, 15) is 14.0 Å². The quantitative estimate of drug-likeness (QED) is 0.754. The molecule has 0 aliphatic carbocycles. The standard InChI is InChI=1S/C15H21FN2O2/c1-11-7-8-13(16)10-14(11)18-15(20)6-4-3-5-9-17-12(2)19/h7-8,10H,3-6,9H2,1-2H3,(H,17,19)(H,18,20). The zero-order valence-corrected chi connectivity index (χ0v) is 12.0. The molecule has 2 amide bonds. The lowest BCUT2D eigenvalue weighted by atomic mass is 10.1. The number of hydrogen-bond donors (Lipinski definition) is 2. The summed E-state index contributed by atoms with van der Waals surface area (Å²) in [7, 11) is 0. The third-order valence-corrected chi connectivity index (χ3v) is 2.93. The number of hydrogen-bond acceptors (Lipinski definition) is 2. The highest BCUT2D eigenvalue weighted by molar-refractivity contribution is 5.91. The van der Waals surface area contributed by atoms with E-state index in [0.29, 0.717) is 18.7 Å². The fourth-order valence-corrected chi connectivity index (χ4v) is 1.79. The largest absolute Gasteiger partial charge is 0.356 e. The van der Waals surface area contributed by atoms with Gasteiger partial charge >= 0.3 is 0 Å². The normalized spacial score (nSPS) is 10.2. The molecule has 0 spiro atoms. The van der Waals surface area contributed by atoms with Crippen LogP contribution in [0, 0.1) is 12.7 Å². The van der Waals surface area contributed by atoms with Gasteiger partial charge in [0.1, 0.15) is 5.82 Å². The van der Waals surface area contributed by atoms with Gasteiger partial charge in [-0.1, -0.05) is 12.5 Å². The fourth-order valence-electron chi connectivity index (χ4n) is 1.79. The Kier molecular flexibility index (Phi) is 6.70. The Hall–Kier alpha value is -1.91. The number of benzene rings is 1. The maximum atomic E-state index is 13.1. The molecule has 0 atom stereocenters. The minimum absolute atomic E-state index is 0.0377. The molecule has 110 valence electrons. The Bertz CT molecular complexity index is 475. The highest BCUT2D eigenvalue weighted by Crippen LogP contribution is 2.16. The summed E-state index contributed by atoms with van der Waals surface area (Å²) in [5.41, 5.74) is 1.36. The van der Waals surface area contributed by atoms with Crippen molar-refractivity contribution in [3.63, 3.8) is 0 Å². The van der Waals surface area contributed by atoms with Crippen molar-refractivity contribution in [3.8, 4) is 0 Å². The zero-order chi connectivity index (χ0) is 15.0. The Morgan fingerprint density at radius 3 is 2.65 bits per heavy atom. The summed E-state index contributed by atoms with van der Waals surface area (Å²) in [4.78, 5) is 22.4. The van der Waals surface area contributed by atoms with Gasteiger partial charge in [0.05, 0.1) is 0 Å². The Morgan fingerprint density at radius 1 is 1.20 bits per heavy atom. The molecule has 0 aromatic heterocycles. The van der Waals surface area contributed by atoms with Crippen molar-refractivity contribution in [2.45, 2.75) is 39.5 Å². The monoisotopic (exact) mass is 280 g/mol. The fraction of sp³-hybridized carbons (Fsp3) is 0.467. The van der Waals surface area contributed by atoms with Gasteiger partial charge in [0.25, 0.3) is 0 Å². The van der Waals surface area contributed by atoms with Gasteiger partial charge in [-0.3, -0.25) is 9.59 Å². The molecule has 0 aliphatic heterocycles. The average molecular weight is 280 g/mol. The van der Waals surface area contributed by atoms with E-state index < -0.39 is 0 Å². The number of amides is 2. The molecule has 0 radical (unpaired) electrons. The van der Waals surface area contributed by atoms with Crippen molar-refractivity contribution in [2.24, 2.45) is 0 Å². The first-order chi connectivity index (χ1) is 9.49. The van der Waals surface area contributed by atoms with Crippen LogP contribution >= 0.6 is 0 Å². The van der Waals surface area contributed by atoms with Gasteiger partial charge in [0.2, 0.25) is 11.8 Å². The summed E-state index contributed by atoms with van der Waals surface area (Å²) < 4.78 is 13.1. The number of carbonyl (C=O) groups excluding carboxylic acids is 2. The Morgan fingerprint density at radius 2 is 1.95 bits per heavy atom. The molecule has 0 bridgehead atoms. The van der Waals surface area contributed by atoms with Crippen LogP contribution in [-0.4, -0.2) is 18.4 Å². The molecule has 1 rings (SSSR count). The van der Waals surface area contributed by atoms with Crippen LogP contribution in [0.25, 0.3) is 0 Å². The summed E-state index contributed by atoms with van der Waals surface area (Å²) in [6, 6.07) is 4.33. The molecule has 0 unspecified atom stereocenters. The molecule has 0 saturated carbocycles. The zero-order valence-electron chi connectivity index (χ0n) is 12.0. The molecule has 0 fully saturated rings. The summed E-state index contributed by atoms with van der Waals surface area (Å²) in [6.07, 6.45) is 2.87. The van der Waals surface area contributed by atoms with E-state index in [1.807, 2.05) is 6.92 Å². The van der Waals surface area contributed by atoms with Crippen molar-refractivity contribution in [2.75, 3.05) is 11.9 Å². The third-order valence-electron chi connectivity index (χ3n) is 2.93. The lowest BCUT2D eigenvalue weighted by molar-refractivity contribution is -0.119. The van der Waals surface area contributed by atoms with Crippen LogP contribution in [0.4, 0.5) is 10.1 Å². The second kappa shape index (κ2) is 8.30. The lowest BCUT2D eigenvalue weighted by Crippen LogP contribution is -2.20. The predicted molar refractivity (Wildman–Crippen MR) is 76.9 cm³/mol. The molecule has 1 aromatic carbocycles. The highest BCUT2D eigenvalue weighted by Gasteiger charge is 2.05. The third kappa shape index (κ3) is 6.31. The summed E-state index contributed by atoms with van der Waals surface area (Å²) >= 11 is 0. The smallest absolute Gasteiger partial charge is 0.224 e. The molecule has 0 saturated heterocycles. The van der Waals surface area contributed by atoms with E-state index in [1.165, 1.54) is 19.1 Å². The van der Waals surface area contributed by atoms with Crippen molar-refractivity contribution < 1.29 is 14.0 Å².